The number of hydrogen-bond donors (Lipinski definition) is 1. The van der Waals surface area contributed by atoms with Crippen molar-refractivity contribution < 1.29 is 18.3 Å². The fourth-order valence-corrected chi connectivity index (χ4v) is 6.05. The average Bonchev–Trinajstić information content (AvgIpc) is 3.29. The van der Waals surface area contributed by atoms with Gasteiger partial charge >= 0.3 is 0 Å². The molecule has 1 aliphatic carbocycles. The summed E-state index contributed by atoms with van der Waals surface area (Å²) in [7, 11) is 0. The van der Waals surface area contributed by atoms with Crippen LogP contribution in [0.2, 0.25) is 0 Å². The van der Waals surface area contributed by atoms with E-state index in [4.69, 9.17) is 4.74 Å². The average molecular weight is 501 g/mol. The Morgan fingerprint density at radius 2 is 2.03 bits per heavy atom. The van der Waals surface area contributed by atoms with Gasteiger partial charge in [-0.1, -0.05) is 29.5 Å². The smallest absolute Gasteiger partial charge is 0.273 e. The number of para-hydroxylation sites is 1. The molecule has 186 valence electrons. The number of pyridine rings is 1. The zero-order valence-electron chi connectivity index (χ0n) is 19.6. The molecule has 0 saturated heterocycles. The molecule has 35 heavy (non-hydrogen) atoms. The molecule has 1 aliphatic heterocycles. The van der Waals surface area contributed by atoms with Gasteiger partial charge in [-0.3, -0.25) is 14.7 Å². The van der Waals surface area contributed by atoms with Crippen molar-refractivity contribution in [2.75, 3.05) is 19.7 Å². The van der Waals surface area contributed by atoms with Gasteiger partial charge in [-0.25, -0.2) is 13.8 Å². The summed E-state index contributed by atoms with van der Waals surface area (Å²) < 4.78 is 29.9. The Morgan fingerprint density at radius 3 is 2.86 bits per heavy atom. The third-order valence-electron chi connectivity index (χ3n) is 7.05. The van der Waals surface area contributed by atoms with Gasteiger partial charge in [0.2, 0.25) is 0 Å². The topological polar surface area (TPSA) is 67.4 Å². The predicted molar refractivity (Wildman–Crippen MR) is 132 cm³/mol. The molecule has 2 aromatic heterocycles. The number of aromatic nitrogens is 2. The van der Waals surface area contributed by atoms with E-state index >= 15 is 0 Å². The second-order valence-corrected chi connectivity index (χ2v) is 10.5. The fourth-order valence-electron chi connectivity index (χ4n) is 5.13. The summed E-state index contributed by atoms with van der Waals surface area (Å²) in [4.78, 5) is 25.3. The summed E-state index contributed by atoms with van der Waals surface area (Å²) in [5.41, 5.74) is 2.50. The maximum Gasteiger partial charge on any atom is 0.273 e. The highest BCUT2D eigenvalue weighted by Gasteiger charge is 2.26. The van der Waals surface area contributed by atoms with Crippen molar-refractivity contribution >= 4 is 28.1 Å². The lowest BCUT2D eigenvalue weighted by Gasteiger charge is -2.32. The van der Waals surface area contributed by atoms with Crippen molar-refractivity contribution in [2.45, 2.75) is 57.5 Å². The zero-order valence-corrected chi connectivity index (χ0v) is 20.4. The van der Waals surface area contributed by atoms with Crippen molar-refractivity contribution in [3.05, 3.63) is 52.7 Å². The first-order valence-corrected chi connectivity index (χ1v) is 13.1. The lowest BCUT2D eigenvalue weighted by molar-refractivity contribution is 0.0815. The molecule has 1 fully saturated rings. The Morgan fingerprint density at radius 1 is 1.20 bits per heavy atom. The third-order valence-corrected chi connectivity index (χ3v) is 8.12. The van der Waals surface area contributed by atoms with Crippen LogP contribution in [0.25, 0.3) is 10.9 Å². The molecule has 0 bridgehead atoms. The largest absolute Gasteiger partial charge is 0.464 e. The number of amides is 1. The van der Waals surface area contributed by atoms with Gasteiger partial charge in [-0.2, -0.15) is 0 Å². The highest BCUT2D eigenvalue weighted by Crippen LogP contribution is 2.32. The SMILES string of the molecule is O=C(NC1CCC(CCN2CCc3sc(OCC(F)F)nc3C2)CC1)c1ccnc2ccccc12. The van der Waals surface area contributed by atoms with E-state index in [0.29, 0.717) is 16.7 Å². The molecule has 9 heteroatoms. The van der Waals surface area contributed by atoms with Crippen LogP contribution < -0.4 is 10.1 Å². The van der Waals surface area contributed by atoms with Crippen molar-refractivity contribution in [1.29, 1.82) is 0 Å². The minimum atomic E-state index is -2.48. The summed E-state index contributed by atoms with van der Waals surface area (Å²) in [5.74, 6) is 0.642. The zero-order chi connectivity index (χ0) is 24.2. The molecule has 0 radical (unpaired) electrons. The molecule has 2 aliphatic rings. The molecule has 6 nitrogen and oxygen atoms in total. The molecule has 3 heterocycles. The molecule has 5 rings (SSSR count). The molecule has 1 saturated carbocycles. The summed E-state index contributed by atoms with van der Waals surface area (Å²) in [6, 6.07) is 9.74. The minimum absolute atomic E-state index is 0.0173. The number of benzene rings is 1. The van der Waals surface area contributed by atoms with E-state index in [9.17, 15) is 13.6 Å². The molecule has 0 unspecified atom stereocenters. The highest BCUT2D eigenvalue weighted by molar-refractivity contribution is 7.13. The number of ether oxygens (including phenoxy) is 1. The van der Waals surface area contributed by atoms with Crippen LogP contribution in [0.15, 0.2) is 36.5 Å². The molecule has 0 atom stereocenters. The van der Waals surface area contributed by atoms with Crippen molar-refractivity contribution in [3.8, 4) is 5.19 Å². The van der Waals surface area contributed by atoms with Gasteiger partial charge in [0.05, 0.1) is 16.8 Å². The maximum atomic E-state index is 12.9. The Labute approximate surface area is 207 Å². The molecule has 1 amide bonds. The van der Waals surface area contributed by atoms with Gasteiger partial charge in [0.15, 0.2) is 6.61 Å². The summed E-state index contributed by atoms with van der Waals surface area (Å²) >= 11 is 1.40. The predicted octanol–water partition coefficient (Wildman–Crippen LogP) is 5.07. The van der Waals surface area contributed by atoms with E-state index < -0.39 is 13.0 Å². The number of rotatable bonds is 8. The number of nitrogens with one attached hydrogen (secondary N) is 1. The maximum absolute atomic E-state index is 12.9. The van der Waals surface area contributed by atoms with Crippen LogP contribution in [0.4, 0.5) is 8.78 Å². The van der Waals surface area contributed by atoms with E-state index in [2.05, 4.69) is 20.2 Å². The first-order valence-electron chi connectivity index (χ1n) is 12.3. The first-order chi connectivity index (χ1) is 17.0. The van der Waals surface area contributed by atoms with E-state index in [1.807, 2.05) is 24.3 Å². The Bertz CT molecular complexity index is 1160. The second-order valence-electron chi connectivity index (χ2n) is 9.43. The van der Waals surface area contributed by atoms with Gasteiger partial charge in [0.1, 0.15) is 0 Å². The lowest BCUT2D eigenvalue weighted by atomic mass is 9.84. The monoisotopic (exact) mass is 500 g/mol. The Kier molecular flexibility index (Phi) is 7.53. The van der Waals surface area contributed by atoms with Crippen molar-refractivity contribution in [1.82, 2.24) is 20.2 Å². The standard InChI is InChI=1S/C26H30F2N4O2S/c27-24(28)16-34-26-31-22-15-32(14-11-23(22)35-26)13-10-17-5-7-18(8-6-17)30-25(33)20-9-12-29-21-4-2-1-3-19(20)21/h1-4,9,12,17-18,24H,5-8,10-11,13-16H2,(H,30,33). The quantitative estimate of drug-likeness (QED) is 0.468. The third kappa shape index (κ3) is 5.95. The summed E-state index contributed by atoms with van der Waals surface area (Å²) in [6.07, 6.45) is 5.47. The number of hydrogen-bond acceptors (Lipinski definition) is 6. The van der Waals surface area contributed by atoms with E-state index in [1.54, 1.807) is 12.3 Å². The molecular formula is C26H30F2N4O2S. The summed E-state index contributed by atoms with van der Waals surface area (Å²) in [5, 5.41) is 4.49. The van der Waals surface area contributed by atoms with Crippen LogP contribution in [0.3, 0.4) is 0 Å². The number of nitrogens with zero attached hydrogens (tertiary/aromatic N) is 3. The van der Waals surface area contributed by atoms with Crippen LogP contribution in [0.5, 0.6) is 5.19 Å². The number of halogens is 2. The number of alkyl halides is 2. The molecule has 0 spiro atoms. The van der Waals surface area contributed by atoms with Crippen LogP contribution >= 0.6 is 11.3 Å². The number of carbonyl (C=O) groups excluding carboxylic acids is 1. The van der Waals surface area contributed by atoms with Crippen molar-refractivity contribution in [3.63, 3.8) is 0 Å². The van der Waals surface area contributed by atoms with Gasteiger partial charge in [-0.15, -0.1) is 0 Å². The Balaban J connectivity index is 1.06. The molecular weight excluding hydrogens is 470 g/mol. The van der Waals surface area contributed by atoms with E-state index in [0.717, 1.165) is 79.6 Å². The number of carbonyl (C=O) groups is 1. The van der Waals surface area contributed by atoms with Crippen LogP contribution in [-0.4, -0.2) is 52.9 Å². The first kappa shape index (κ1) is 24.1. The van der Waals surface area contributed by atoms with Crippen LogP contribution in [-0.2, 0) is 13.0 Å². The van der Waals surface area contributed by atoms with Crippen molar-refractivity contribution in [2.24, 2.45) is 5.92 Å². The highest BCUT2D eigenvalue weighted by atomic mass is 32.1. The minimum Gasteiger partial charge on any atom is -0.464 e. The van der Waals surface area contributed by atoms with Crippen LogP contribution in [0, 0.1) is 5.92 Å². The van der Waals surface area contributed by atoms with E-state index in [1.165, 1.54) is 11.3 Å². The lowest BCUT2D eigenvalue weighted by Crippen LogP contribution is -2.38. The van der Waals surface area contributed by atoms with Gasteiger partial charge in [0, 0.05) is 35.6 Å². The number of thiazole rings is 1. The molecule has 1 N–H and O–H groups in total. The summed E-state index contributed by atoms with van der Waals surface area (Å²) in [6.45, 7) is 2.14. The Hall–Kier alpha value is -2.65. The molecule has 3 aromatic rings. The molecule has 1 aromatic carbocycles. The number of fused-ring (bicyclic) bond motifs is 2. The van der Waals surface area contributed by atoms with Crippen LogP contribution in [0.1, 0.15) is 53.0 Å². The van der Waals surface area contributed by atoms with Gasteiger partial charge in [0.25, 0.3) is 17.5 Å². The normalized spacial score (nSPS) is 20.7. The van der Waals surface area contributed by atoms with E-state index in [-0.39, 0.29) is 11.9 Å². The second kappa shape index (κ2) is 11.0. The van der Waals surface area contributed by atoms with Gasteiger partial charge in [-0.05, 0) is 63.1 Å². The van der Waals surface area contributed by atoms with Gasteiger partial charge < -0.3 is 10.1 Å². The fraction of sp³-hybridized carbons (Fsp3) is 0.500.